The molecule has 1 N–H and O–H groups in total. The molecule has 1 aromatic carbocycles. The lowest BCUT2D eigenvalue weighted by Crippen LogP contribution is -2.32. The normalized spacial score (nSPS) is 24.1. The van der Waals surface area contributed by atoms with Crippen LogP contribution in [0.3, 0.4) is 0 Å². The second-order valence-electron chi connectivity index (χ2n) is 6.27. The molecule has 3 rings (SSSR count). The summed E-state index contributed by atoms with van der Waals surface area (Å²) in [6, 6.07) is 7.55. The highest BCUT2D eigenvalue weighted by Gasteiger charge is 2.37. The first-order valence-electron chi connectivity index (χ1n) is 7.72. The smallest absolute Gasteiger partial charge is 0.223 e. The van der Waals surface area contributed by atoms with Crippen molar-refractivity contribution in [3.8, 4) is 0 Å². The SMILES string of the molecule is Cc1ccc(C(=O)CCC(=O)N2C[C@H]3CNC[C@H]3C2)cc1. The van der Waals surface area contributed by atoms with Gasteiger partial charge in [0.15, 0.2) is 5.78 Å². The molecule has 2 aliphatic heterocycles. The minimum Gasteiger partial charge on any atom is -0.342 e. The molecular formula is C17H22N2O2. The number of carbonyl (C=O) groups is 2. The van der Waals surface area contributed by atoms with E-state index >= 15 is 0 Å². The van der Waals surface area contributed by atoms with Crippen LogP contribution in [0.2, 0.25) is 0 Å². The summed E-state index contributed by atoms with van der Waals surface area (Å²) in [4.78, 5) is 26.3. The summed E-state index contributed by atoms with van der Waals surface area (Å²) in [6.45, 7) is 5.76. The highest BCUT2D eigenvalue weighted by molar-refractivity contribution is 5.98. The maximum atomic E-state index is 12.2. The van der Waals surface area contributed by atoms with Crippen molar-refractivity contribution in [1.82, 2.24) is 10.2 Å². The molecule has 0 unspecified atom stereocenters. The Kier molecular flexibility index (Phi) is 4.06. The second-order valence-corrected chi connectivity index (χ2v) is 6.27. The number of hydrogen-bond acceptors (Lipinski definition) is 3. The summed E-state index contributed by atoms with van der Waals surface area (Å²) < 4.78 is 0. The van der Waals surface area contributed by atoms with Crippen molar-refractivity contribution in [3.05, 3.63) is 35.4 Å². The van der Waals surface area contributed by atoms with Gasteiger partial charge in [0.05, 0.1) is 0 Å². The van der Waals surface area contributed by atoms with Crippen molar-refractivity contribution < 1.29 is 9.59 Å². The minimum atomic E-state index is 0.0596. The van der Waals surface area contributed by atoms with Crippen molar-refractivity contribution in [2.45, 2.75) is 19.8 Å². The van der Waals surface area contributed by atoms with E-state index in [1.165, 1.54) is 0 Å². The predicted octanol–water partition coefficient (Wildman–Crippen LogP) is 1.64. The molecule has 0 radical (unpaired) electrons. The van der Waals surface area contributed by atoms with Gasteiger partial charge in [0.2, 0.25) is 5.91 Å². The Labute approximate surface area is 125 Å². The molecule has 0 aliphatic carbocycles. The van der Waals surface area contributed by atoms with Gasteiger partial charge in [-0.25, -0.2) is 0 Å². The number of rotatable bonds is 4. The third-order valence-electron chi connectivity index (χ3n) is 4.68. The van der Waals surface area contributed by atoms with Gasteiger partial charge in [0.1, 0.15) is 0 Å². The van der Waals surface area contributed by atoms with Gasteiger partial charge < -0.3 is 10.2 Å². The van der Waals surface area contributed by atoms with Crippen molar-refractivity contribution in [2.24, 2.45) is 11.8 Å². The molecular weight excluding hydrogens is 264 g/mol. The summed E-state index contributed by atoms with van der Waals surface area (Å²) in [5.41, 5.74) is 1.84. The molecule has 2 atom stereocenters. The Hall–Kier alpha value is -1.68. The van der Waals surface area contributed by atoms with E-state index in [0.717, 1.165) is 31.7 Å². The lowest BCUT2D eigenvalue weighted by molar-refractivity contribution is -0.130. The largest absolute Gasteiger partial charge is 0.342 e. The number of amides is 1. The van der Waals surface area contributed by atoms with Gasteiger partial charge in [-0.15, -0.1) is 0 Å². The average molecular weight is 286 g/mol. The van der Waals surface area contributed by atoms with Crippen LogP contribution in [0, 0.1) is 18.8 Å². The molecule has 4 heteroatoms. The highest BCUT2D eigenvalue weighted by Crippen LogP contribution is 2.26. The highest BCUT2D eigenvalue weighted by atomic mass is 16.2. The molecule has 0 spiro atoms. The molecule has 2 aliphatic rings. The number of fused-ring (bicyclic) bond motifs is 1. The second kappa shape index (κ2) is 5.98. The molecule has 0 aromatic heterocycles. The van der Waals surface area contributed by atoms with E-state index in [-0.39, 0.29) is 11.7 Å². The van der Waals surface area contributed by atoms with Crippen LogP contribution < -0.4 is 5.32 Å². The fourth-order valence-corrected chi connectivity index (χ4v) is 3.32. The fraction of sp³-hybridized carbons (Fsp3) is 0.529. The van der Waals surface area contributed by atoms with Crippen LogP contribution in [0.4, 0.5) is 0 Å². The van der Waals surface area contributed by atoms with Crippen LogP contribution in [0.15, 0.2) is 24.3 Å². The molecule has 0 saturated carbocycles. The first-order chi connectivity index (χ1) is 10.1. The monoisotopic (exact) mass is 286 g/mol. The number of Topliss-reactive ketones (excluding diaryl/α,β-unsaturated/α-hetero) is 1. The Morgan fingerprint density at radius 1 is 1.10 bits per heavy atom. The third-order valence-corrected chi connectivity index (χ3v) is 4.68. The number of benzene rings is 1. The van der Waals surface area contributed by atoms with Crippen molar-refractivity contribution in [1.29, 1.82) is 0 Å². The Balaban J connectivity index is 1.49. The number of aryl methyl sites for hydroxylation is 1. The third kappa shape index (κ3) is 3.16. The van der Waals surface area contributed by atoms with E-state index in [9.17, 15) is 9.59 Å². The summed E-state index contributed by atoms with van der Waals surface area (Å²) in [5, 5.41) is 3.37. The minimum absolute atomic E-state index is 0.0596. The van der Waals surface area contributed by atoms with E-state index in [0.29, 0.717) is 30.2 Å². The number of ketones is 1. The van der Waals surface area contributed by atoms with Gasteiger partial charge in [-0.2, -0.15) is 0 Å². The summed E-state index contributed by atoms with van der Waals surface area (Å²) in [5.74, 6) is 1.41. The Morgan fingerprint density at radius 2 is 1.71 bits per heavy atom. The number of carbonyl (C=O) groups excluding carboxylic acids is 2. The van der Waals surface area contributed by atoms with Crippen LogP contribution in [-0.2, 0) is 4.79 Å². The topological polar surface area (TPSA) is 49.4 Å². The molecule has 21 heavy (non-hydrogen) atoms. The van der Waals surface area contributed by atoms with Gasteiger partial charge in [-0.3, -0.25) is 9.59 Å². The number of nitrogens with one attached hydrogen (secondary N) is 1. The van der Waals surface area contributed by atoms with Gasteiger partial charge >= 0.3 is 0 Å². The van der Waals surface area contributed by atoms with Gasteiger partial charge in [-0.1, -0.05) is 29.8 Å². The van der Waals surface area contributed by atoms with Crippen LogP contribution in [0.25, 0.3) is 0 Å². The van der Waals surface area contributed by atoms with Crippen LogP contribution in [0.5, 0.6) is 0 Å². The Bertz CT molecular complexity index is 526. The zero-order valence-corrected chi connectivity index (χ0v) is 12.5. The van der Waals surface area contributed by atoms with E-state index < -0.39 is 0 Å². The molecule has 1 aromatic rings. The molecule has 2 saturated heterocycles. The van der Waals surface area contributed by atoms with E-state index in [4.69, 9.17) is 0 Å². The number of hydrogen-bond donors (Lipinski definition) is 1. The molecule has 2 fully saturated rings. The number of nitrogens with zero attached hydrogens (tertiary/aromatic N) is 1. The van der Waals surface area contributed by atoms with E-state index in [2.05, 4.69) is 5.32 Å². The molecule has 0 bridgehead atoms. The maximum absolute atomic E-state index is 12.2. The Morgan fingerprint density at radius 3 is 2.33 bits per heavy atom. The zero-order valence-electron chi connectivity index (χ0n) is 12.5. The lowest BCUT2D eigenvalue weighted by Gasteiger charge is -2.17. The standard InChI is InChI=1S/C17H22N2O2/c1-12-2-4-13(5-3-12)16(20)6-7-17(21)19-10-14-8-18-9-15(14)11-19/h2-5,14-15,18H,6-11H2,1H3/t14-,15+. The zero-order chi connectivity index (χ0) is 14.8. The predicted molar refractivity (Wildman–Crippen MR) is 81.2 cm³/mol. The van der Waals surface area contributed by atoms with Crippen molar-refractivity contribution >= 4 is 11.7 Å². The van der Waals surface area contributed by atoms with E-state index in [1.54, 1.807) is 0 Å². The van der Waals surface area contributed by atoms with Crippen molar-refractivity contribution in [2.75, 3.05) is 26.2 Å². The van der Waals surface area contributed by atoms with Gasteiger partial charge in [0, 0.05) is 44.6 Å². The van der Waals surface area contributed by atoms with Crippen LogP contribution in [-0.4, -0.2) is 42.8 Å². The molecule has 1 amide bonds. The fourth-order valence-electron chi connectivity index (χ4n) is 3.32. The summed E-state index contributed by atoms with van der Waals surface area (Å²) in [7, 11) is 0. The van der Waals surface area contributed by atoms with Crippen molar-refractivity contribution in [3.63, 3.8) is 0 Å². The summed E-state index contributed by atoms with van der Waals surface area (Å²) >= 11 is 0. The summed E-state index contributed by atoms with van der Waals surface area (Å²) in [6.07, 6.45) is 0.644. The first-order valence-corrected chi connectivity index (χ1v) is 7.72. The lowest BCUT2D eigenvalue weighted by atomic mass is 10.0. The maximum Gasteiger partial charge on any atom is 0.223 e. The quantitative estimate of drug-likeness (QED) is 0.856. The first kappa shape index (κ1) is 14.3. The van der Waals surface area contributed by atoms with Gasteiger partial charge in [0.25, 0.3) is 0 Å². The van der Waals surface area contributed by atoms with Crippen LogP contribution >= 0.6 is 0 Å². The average Bonchev–Trinajstić information content (AvgIpc) is 3.06. The van der Waals surface area contributed by atoms with E-state index in [1.807, 2.05) is 36.1 Å². The molecule has 2 heterocycles. The number of likely N-dealkylation sites (tertiary alicyclic amines) is 1. The van der Waals surface area contributed by atoms with Crippen LogP contribution in [0.1, 0.15) is 28.8 Å². The van der Waals surface area contributed by atoms with Gasteiger partial charge in [-0.05, 0) is 18.8 Å². The molecule has 112 valence electrons. The molecule has 4 nitrogen and oxygen atoms in total.